The summed E-state index contributed by atoms with van der Waals surface area (Å²) in [6.07, 6.45) is 7.02. The lowest BCUT2D eigenvalue weighted by Gasteiger charge is -2.40. The van der Waals surface area contributed by atoms with Gasteiger partial charge in [0.2, 0.25) is 0 Å². The zero-order chi connectivity index (χ0) is 21.4. The Hall–Kier alpha value is -2.92. The summed E-state index contributed by atoms with van der Waals surface area (Å²) < 4.78 is 5.53. The van der Waals surface area contributed by atoms with Crippen molar-refractivity contribution in [2.75, 3.05) is 48.5 Å². The third kappa shape index (κ3) is 4.02. The molecule has 2 aromatic heterocycles. The smallest absolute Gasteiger partial charge is 0.146 e. The standard InChI is InChI=1S/C23H29N7O/c1-28(2)21-12-22(26-15-25-21)30(18-3-4-18)19-5-8-29(9-6-19)23-16(13-24)11-17-14-31-10-7-20(17)27-23/h11-12,15,18-19H,3-10,14H2,1-2H3. The Labute approximate surface area is 183 Å². The number of ether oxygens (including phenoxy) is 1. The minimum atomic E-state index is 0.449. The molecule has 2 aliphatic heterocycles. The van der Waals surface area contributed by atoms with Gasteiger partial charge >= 0.3 is 0 Å². The highest BCUT2D eigenvalue weighted by Gasteiger charge is 2.37. The van der Waals surface area contributed by atoms with E-state index in [1.807, 2.05) is 25.1 Å². The molecule has 1 saturated carbocycles. The molecule has 0 amide bonds. The lowest BCUT2D eigenvalue weighted by atomic mass is 10.0. The van der Waals surface area contributed by atoms with Crippen molar-refractivity contribution < 1.29 is 4.74 Å². The summed E-state index contributed by atoms with van der Waals surface area (Å²) in [5.41, 5.74) is 2.80. The van der Waals surface area contributed by atoms with Gasteiger partial charge in [0.25, 0.3) is 0 Å². The third-order valence-corrected chi connectivity index (χ3v) is 6.49. The van der Waals surface area contributed by atoms with E-state index in [1.165, 1.54) is 12.8 Å². The van der Waals surface area contributed by atoms with Crippen molar-refractivity contribution in [2.24, 2.45) is 0 Å². The molecule has 0 bridgehead atoms. The van der Waals surface area contributed by atoms with Gasteiger partial charge in [-0.25, -0.2) is 15.0 Å². The Morgan fingerprint density at radius 3 is 2.52 bits per heavy atom. The van der Waals surface area contributed by atoms with Gasteiger partial charge in [-0.3, -0.25) is 0 Å². The zero-order valence-corrected chi connectivity index (χ0v) is 18.3. The molecule has 0 aromatic carbocycles. The van der Waals surface area contributed by atoms with E-state index < -0.39 is 0 Å². The SMILES string of the molecule is CN(C)c1cc(N(C2CC2)C2CCN(c3nc4c(cc3C#N)COCC4)CC2)ncn1. The minimum Gasteiger partial charge on any atom is -0.376 e. The van der Waals surface area contributed by atoms with Crippen LogP contribution in [0.5, 0.6) is 0 Å². The average molecular weight is 420 g/mol. The van der Waals surface area contributed by atoms with Crippen LogP contribution < -0.4 is 14.7 Å². The number of anilines is 3. The van der Waals surface area contributed by atoms with Crippen molar-refractivity contribution in [3.05, 3.63) is 35.3 Å². The van der Waals surface area contributed by atoms with E-state index in [4.69, 9.17) is 9.72 Å². The van der Waals surface area contributed by atoms with Gasteiger partial charge in [-0.2, -0.15) is 5.26 Å². The maximum Gasteiger partial charge on any atom is 0.146 e. The molecule has 0 N–H and O–H groups in total. The van der Waals surface area contributed by atoms with Crippen LogP contribution in [-0.4, -0.2) is 60.8 Å². The van der Waals surface area contributed by atoms with Crippen molar-refractivity contribution in [1.82, 2.24) is 15.0 Å². The van der Waals surface area contributed by atoms with Gasteiger partial charge < -0.3 is 19.4 Å². The maximum atomic E-state index is 9.71. The normalized spacial score (nSPS) is 18.9. The van der Waals surface area contributed by atoms with E-state index in [0.717, 1.165) is 61.1 Å². The number of hydrogen-bond donors (Lipinski definition) is 0. The van der Waals surface area contributed by atoms with Crippen molar-refractivity contribution in [3.63, 3.8) is 0 Å². The van der Waals surface area contributed by atoms with E-state index in [-0.39, 0.29) is 0 Å². The number of piperidine rings is 1. The first-order valence-corrected chi connectivity index (χ1v) is 11.2. The predicted octanol–water partition coefficient (Wildman–Crippen LogP) is 2.52. The highest BCUT2D eigenvalue weighted by atomic mass is 16.5. The number of aromatic nitrogens is 3. The largest absolute Gasteiger partial charge is 0.376 e. The molecule has 2 aromatic rings. The number of pyridine rings is 1. The lowest BCUT2D eigenvalue weighted by Crippen LogP contribution is -2.47. The van der Waals surface area contributed by atoms with Crippen LogP contribution in [0.2, 0.25) is 0 Å². The summed E-state index contributed by atoms with van der Waals surface area (Å²) in [6, 6.07) is 7.46. The Balaban J connectivity index is 1.34. The fourth-order valence-electron chi connectivity index (χ4n) is 4.70. The fraction of sp³-hybridized carbons (Fsp3) is 0.565. The topological polar surface area (TPSA) is 81.4 Å². The molecule has 0 spiro atoms. The average Bonchev–Trinajstić information content (AvgIpc) is 3.64. The Bertz CT molecular complexity index is 990. The first kappa shape index (κ1) is 20.0. The number of nitriles is 1. The quantitative estimate of drug-likeness (QED) is 0.731. The van der Waals surface area contributed by atoms with Crippen LogP contribution in [0.15, 0.2) is 18.5 Å². The lowest BCUT2D eigenvalue weighted by molar-refractivity contribution is 0.109. The molecule has 31 heavy (non-hydrogen) atoms. The molecule has 4 heterocycles. The highest BCUT2D eigenvalue weighted by Crippen LogP contribution is 2.37. The molecule has 0 atom stereocenters. The molecule has 1 saturated heterocycles. The Kier molecular flexibility index (Phi) is 5.36. The summed E-state index contributed by atoms with van der Waals surface area (Å²) >= 11 is 0. The second-order valence-corrected chi connectivity index (χ2v) is 8.87. The van der Waals surface area contributed by atoms with Crippen molar-refractivity contribution in [2.45, 2.75) is 50.8 Å². The van der Waals surface area contributed by atoms with Crippen LogP contribution in [0.25, 0.3) is 0 Å². The van der Waals surface area contributed by atoms with Crippen molar-refractivity contribution in [1.29, 1.82) is 5.26 Å². The molecular weight excluding hydrogens is 390 g/mol. The number of fused-ring (bicyclic) bond motifs is 1. The second-order valence-electron chi connectivity index (χ2n) is 8.87. The van der Waals surface area contributed by atoms with Crippen LogP contribution in [-0.2, 0) is 17.8 Å². The molecule has 162 valence electrons. The zero-order valence-electron chi connectivity index (χ0n) is 18.3. The third-order valence-electron chi connectivity index (χ3n) is 6.49. The summed E-state index contributed by atoms with van der Waals surface area (Å²) in [7, 11) is 4.02. The van der Waals surface area contributed by atoms with E-state index in [2.05, 4.69) is 31.9 Å². The van der Waals surface area contributed by atoms with Gasteiger partial charge in [-0.05, 0) is 31.7 Å². The molecule has 3 aliphatic rings. The van der Waals surface area contributed by atoms with Gasteiger partial charge in [0.15, 0.2) is 0 Å². The molecule has 5 rings (SSSR count). The van der Waals surface area contributed by atoms with Gasteiger partial charge in [0.1, 0.15) is 29.9 Å². The maximum absolute atomic E-state index is 9.71. The molecule has 2 fully saturated rings. The number of rotatable bonds is 5. The fourth-order valence-corrected chi connectivity index (χ4v) is 4.70. The van der Waals surface area contributed by atoms with Gasteiger partial charge in [0.05, 0.1) is 24.5 Å². The summed E-state index contributed by atoms with van der Waals surface area (Å²) in [5.74, 6) is 2.81. The molecule has 8 heteroatoms. The Morgan fingerprint density at radius 1 is 1.06 bits per heavy atom. The van der Waals surface area contributed by atoms with Gasteiger partial charge in [0, 0.05) is 57.3 Å². The molecule has 8 nitrogen and oxygen atoms in total. The van der Waals surface area contributed by atoms with E-state index in [0.29, 0.717) is 30.9 Å². The van der Waals surface area contributed by atoms with E-state index in [1.54, 1.807) is 6.33 Å². The van der Waals surface area contributed by atoms with E-state index >= 15 is 0 Å². The predicted molar refractivity (Wildman–Crippen MR) is 119 cm³/mol. The van der Waals surface area contributed by atoms with Crippen molar-refractivity contribution in [3.8, 4) is 6.07 Å². The molecule has 0 unspecified atom stereocenters. The highest BCUT2D eigenvalue weighted by molar-refractivity contribution is 5.57. The monoisotopic (exact) mass is 419 g/mol. The number of hydrogen-bond acceptors (Lipinski definition) is 8. The van der Waals surface area contributed by atoms with Gasteiger partial charge in [-0.15, -0.1) is 0 Å². The molecular formula is C23H29N7O. The number of nitrogens with zero attached hydrogens (tertiary/aromatic N) is 7. The van der Waals surface area contributed by atoms with Crippen LogP contribution in [0.1, 0.15) is 42.5 Å². The molecule has 0 radical (unpaired) electrons. The first-order chi connectivity index (χ1) is 15.1. The van der Waals surface area contributed by atoms with Crippen molar-refractivity contribution >= 4 is 17.5 Å². The van der Waals surface area contributed by atoms with Crippen LogP contribution in [0, 0.1) is 11.3 Å². The van der Waals surface area contributed by atoms with Crippen LogP contribution in [0.4, 0.5) is 17.5 Å². The Morgan fingerprint density at radius 2 is 1.81 bits per heavy atom. The van der Waals surface area contributed by atoms with E-state index in [9.17, 15) is 5.26 Å². The summed E-state index contributed by atoms with van der Waals surface area (Å²) in [5, 5.41) is 9.71. The minimum absolute atomic E-state index is 0.449. The van der Waals surface area contributed by atoms with Crippen LogP contribution in [0.3, 0.4) is 0 Å². The molecule has 1 aliphatic carbocycles. The first-order valence-electron chi connectivity index (χ1n) is 11.2. The summed E-state index contributed by atoms with van der Waals surface area (Å²) in [4.78, 5) is 20.7. The second kappa shape index (κ2) is 8.31. The van der Waals surface area contributed by atoms with Gasteiger partial charge in [-0.1, -0.05) is 0 Å². The van der Waals surface area contributed by atoms with Crippen LogP contribution >= 0.6 is 0 Å². The summed E-state index contributed by atoms with van der Waals surface area (Å²) in [6.45, 7) is 3.06.